The molecule has 7 heteroatoms. The van der Waals surface area contributed by atoms with Crippen molar-refractivity contribution >= 4 is 17.6 Å². The highest BCUT2D eigenvalue weighted by atomic mass is 16.5. The minimum atomic E-state index is -0.658. The molecular weight excluding hydrogens is 374 g/mol. The van der Waals surface area contributed by atoms with E-state index in [1.165, 1.54) is 12.1 Å². The van der Waals surface area contributed by atoms with Crippen LogP contribution < -0.4 is 19.5 Å². The van der Waals surface area contributed by atoms with Gasteiger partial charge in [0.05, 0.1) is 25.4 Å². The number of nitrogens with one attached hydrogen (secondary N) is 1. The van der Waals surface area contributed by atoms with E-state index in [-0.39, 0.29) is 5.56 Å². The predicted octanol–water partition coefficient (Wildman–Crippen LogP) is 3.99. The molecule has 0 spiro atoms. The molecular formula is C22H27NO6. The maximum absolute atomic E-state index is 12.5. The Hall–Kier alpha value is -3.22. The Bertz CT molecular complexity index is 805. The van der Waals surface area contributed by atoms with Crippen molar-refractivity contribution in [2.75, 3.05) is 31.7 Å². The smallest absolute Gasteiger partial charge is 0.338 e. The molecule has 0 saturated heterocycles. The zero-order valence-electron chi connectivity index (χ0n) is 17.2. The van der Waals surface area contributed by atoms with Crippen molar-refractivity contribution in [3.63, 3.8) is 0 Å². The fraction of sp³-hybridized carbons (Fsp3) is 0.364. The number of rotatable bonds is 10. The minimum absolute atomic E-state index is 0.212. The molecule has 2 rings (SSSR count). The number of carbonyl (C=O) groups is 2. The lowest BCUT2D eigenvalue weighted by Gasteiger charge is -2.16. The largest absolute Gasteiger partial charge is 0.490 e. The summed E-state index contributed by atoms with van der Waals surface area (Å²) < 4.78 is 21.9. The van der Waals surface area contributed by atoms with Crippen LogP contribution in [-0.2, 0) is 9.53 Å². The summed E-state index contributed by atoms with van der Waals surface area (Å²) in [5.41, 5.74) is 1.93. The van der Waals surface area contributed by atoms with E-state index in [2.05, 4.69) is 5.32 Å². The van der Waals surface area contributed by atoms with Gasteiger partial charge in [0, 0.05) is 5.69 Å². The molecule has 0 heterocycles. The Morgan fingerprint density at radius 3 is 1.93 bits per heavy atom. The molecule has 0 aliphatic rings. The van der Waals surface area contributed by atoms with Crippen LogP contribution in [0.1, 0.15) is 36.7 Å². The van der Waals surface area contributed by atoms with Crippen LogP contribution in [0.3, 0.4) is 0 Å². The molecule has 0 aliphatic heterocycles. The molecule has 0 atom stereocenters. The molecule has 7 nitrogen and oxygen atoms in total. The summed E-state index contributed by atoms with van der Waals surface area (Å²) in [5.74, 6) is 0.120. The predicted molar refractivity (Wildman–Crippen MR) is 110 cm³/mol. The maximum Gasteiger partial charge on any atom is 0.338 e. The summed E-state index contributed by atoms with van der Waals surface area (Å²) >= 11 is 0. The van der Waals surface area contributed by atoms with E-state index < -0.39 is 18.5 Å². The summed E-state index contributed by atoms with van der Waals surface area (Å²) in [6, 6.07) is 10.4. The van der Waals surface area contributed by atoms with Crippen LogP contribution in [0.5, 0.6) is 17.2 Å². The molecule has 1 amide bonds. The van der Waals surface area contributed by atoms with Crippen LogP contribution in [-0.4, -0.2) is 38.3 Å². The third-order valence-electron chi connectivity index (χ3n) is 3.81. The van der Waals surface area contributed by atoms with E-state index in [0.29, 0.717) is 42.8 Å². The van der Waals surface area contributed by atoms with Crippen LogP contribution in [0.15, 0.2) is 36.4 Å². The Morgan fingerprint density at radius 1 is 0.862 bits per heavy atom. The van der Waals surface area contributed by atoms with Crippen LogP contribution in [0.2, 0.25) is 0 Å². The number of carbonyl (C=O) groups excluding carboxylic acids is 2. The Labute approximate surface area is 170 Å². The van der Waals surface area contributed by atoms with Crippen LogP contribution >= 0.6 is 0 Å². The van der Waals surface area contributed by atoms with Gasteiger partial charge in [0.15, 0.2) is 18.1 Å². The molecule has 0 aromatic heterocycles. The van der Waals surface area contributed by atoms with Gasteiger partial charge in [0.25, 0.3) is 5.91 Å². The highest BCUT2D eigenvalue weighted by molar-refractivity contribution is 5.96. The van der Waals surface area contributed by atoms with Crippen LogP contribution in [0.25, 0.3) is 0 Å². The Balaban J connectivity index is 2.10. The van der Waals surface area contributed by atoms with E-state index in [9.17, 15) is 9.59 Å². The number of hydrogen-bond acceptors (Lipinski definition) is 6. The Kier molecular flexibility index (Phi) is 8.33. The molecule has 0 radical (unpaired) electrons. The number of hydrogen-bond donors (Lipinski definition) is 1. The standard InChI is InChI=1S/C22H27NO6/c1-5-26-18-12-16(13-19(27-6-2)21(18)28-7-3)22(25)29-14-20(24)23-17-10-8-15(4)9-11-17/h8-13H,5-7,14H2,1-4H3,(H,23,24). The number of amides is 1. The van der Waals surface area contributed by atoms with Gasteiger partial charge in [-0.25, -0.2) is 4.79 Å². The van der Waals surface area contributed by atoms with Crippen LogP contribution in [0.4, 0.5) is 5.69 Å². The molecule has 2 aromatic carbocycles. The van der Waals surface area contributed by atoms with Crippen LogP contribution in [0, 0.1) is 6.92 Å². The zero-order valence-corrected chi connectivity index (χ0v) is 17.2. The first-order valence-electron chi connectivity index (χ1n) is 9.58. The summed E-state index contributed by atoms with van der Waals surface area (Å²) in [7, 11) is 0. The van der Waals surface area contributed by atoms with Gasteiger partial charge in [-0.15, -0.1) is 0 Å². The molecule has 156 valence electrons. The number of ether oxygens (including phenoxy) is 4. The second kappa shape index (κ2) is 10.9. The van der Waals surface area contributed by atoms with Gasteiger partial charge in [-0.05, 0) is 52.0 Å². The third kappa shape index (κ3) is 6.41. The average Bonchev–Trinajstić information content (AvgIpc) is 2.70. The normalized spacial score (nSPS) is 10.2. The topological polar surface area (TPSA) is 83.1 Å². The molecule has 29 heavy (non-hydrogen) atoms. The molecule has 0 bridgehead atoms. The quantitative estimate of drug-likeness (QED) is 0.606. The van der Waals surface area contributed by atoms with Crippen molar-refractivity contribution in [1.29, 1.82) is 0 Å². The van der Waals surface area contributed by atoms with E-state index >= 15 is 0 Å². The second-order valence-corrected chi connectivity index (χ2v) is 6.09. The first kappa shape index (κ1) is 22.1. The third-order valence-corrected chi connectivity index (χ3v) is 3.81. The molecule has 0 unspecified atom stereocenters. The SMILES string of the molecule is CCOc1cc(C(=O)OCC(=O)Nc2ccc(C)cc2)cc(OCC)c1OCC. The fourth-order valence-electron chi connectivity index (χ4n) is 2.55. The molecule has 1 N–H and O–H groups in total. The van der Waals surface area contributed by atoms with Crippen molar-refractivity contribution < 1.29 is 28.5 Å². The number of anilines is 1. The summed E-state index contributed by atoms with van der Waals surface area (Å²) in [5, 5.41) is 2.68. The van der Waals surface area contributed by atoms with Crippen molar-refractivity contribution in [1.82, 2.24) is 0 Å². The van der Waals surface area contributed by atoms with E-state index in [1.807, 2.05) is 39.8 Å². The average molecular weight is 401 g/mol. The summed E-state index contributed by atoms with van der Waals surface area (Å²) in [4.78, 5) is 24.5. The second-order valence-electron chi connectivity index (χ2n) is 6.09. The van der Waals surface area contributed by atoms with E-state index in [0.717, 1.165) is 5.56 Å². The lowest BCUT2D eigenvalue weighted by atomic mass is 10.2. The molecule has 0 fully saturated rings. The van der Waals surface area contributed by atoms with Gasteiger partial charge in [-0.2, -0.15) is 0 Å². The first-order chi connectivity index (χ1) is 14.0. The summed E-state index contributed by atoms with van der Waals surface area (Å²) in [6.45, 7) is 8.26. The fourth-order valence-corrected chi connectivity index (χ4v) is 2.55. The highest BCUT2D eigenvalue weighted by Gasteiger charge is 2.19. The van der Waals surface area contributed by atoms with Crippen molar-refractivity contribution in [3.8, 4) is 17.2 Å². The van der Waals surface area contributed by atoms with Crippen molar-refractivity contribution in [2.45, 2.75) is 27.7 Å². The van der Waals surface area contributed by atoms with Crippen molar-refractivity contribution in [3.05, 3.63) is 47.5 Å². The first-order valence-corrected chi connectivity index (χ1v) is 9.58. The van der Waals surface area contributed by atoms with Crippen molar-refractivity contribution in [2.24, 2.45) is 0 Å². The van der Waals surface area contributed by atoms with Gasteiger partial charge < -0.3 is 24.3 Å². The number of benzene rings is 2. The highest BCUT2D eigenvalue weighted by Crippen LogP contribution is 2.39. The molecule has 2 aromatic rings. The van der Waals surface area contributed by atoms with Gasteiger partial charge in [-0.1, -0.05) is 17.7 Å². The lowest BCUT2D eigenvalue weighted by Crippen LogP contribution is -2.21. The summed E-state index contributed by atoms with van der Waals surface area (Å²) in [6.07, 6.45) is 0. The van der Waals surface area contributed by atoms with Gasteiger partial charge in [0.1, 0.15) is 0 Å². The molecule has 0 aliphatic carbocycles. The maximum atomic E-state index is 12.5. The van der Waals surface area contributed by atoms with Gasteiger partial charge >= 0.3 is 5.97 Å². The minimum Gasteiger partial charge on any atom is -0.490 e. The Morgan fingerprint density at radius 2 is 1.41 bits per heavy atom. The molecule has 0 saturated carbocycles. The zero-order chi connectivity index (χ0) is 21.2. The number of aryl methyl sites for hydroxylation is 1. The lowest BCUT2D eigenvalue weighted by molar-refractivity contribution is -0.119. The van der Waals surface area contributed by atoms with Gasteiger partial charge in [0.2, 0.25) is 5.75 Å². The van der Waals surface area contributed by atoms with E-state index in [1.54, 1.807) is 12.1 Å². The van der Waals surface area contributed by atoms with E-state index in [4.69, 9.17) is 18.9 Å². The monoisotopic (exact) mass is 401 g/mol. The van der Waals surface area contributed by atoms with Gasteiger partial charge in [-0.3, -0.25) is 4.79 Å². The number of esters is 1.